The van der Waals surface area contributed by atoms with Gasteiger partial charge in [-0.2, -0.15) is 0 Å². The lowest BCUT2D eigenvalue weighted by Gasteiger charge is -2.12. The molecule has 0 spiro atoms. The molecule has 1 aromatic heterocycles. The maximum atomic E-state index is 12.5. The molecule has 5 nitrogen and oxygen atoms in total. The Hall–Kier alpha value is -2.44. The predicted molar refractivity (Wildman–Crippen MR) is 115 cm³/mol. The van der Waals surface area contributed by atoms with Crippen LogP contribution in [0.5, 0.6) is 0 Å². The molecule has 152 valence electrons. The standard InChI is InChI=1S/C23H26N2O3S/c1-17-21(12-15-25-13-6-7-14-25)24-23(28-17)19-10-11-20(18-8-4-3-5-9-18)22(16-19)29(2,26)27/h3-5,8-11,16H,6-7,12-15H2,1-2H3. The number of sulfone groups is 1. The number of rotatable bonds is 6. The number of hydrogen-bond donors (Lipinski definition) is 0. The molecular formula is C23H26N2O3S. The van der Waals surface area contributed by atoms with Crippen LogP contribution in [-0.2, 0) is 16.3 Å². The predicted octanol–water partition coefficient (Wildman–Crippen LogP) is 4.36. The first-order valence-corrected chi connectivity index (χ1v) is 11.9. The Morgan fingerprint density at radius 3 is 2.45 bits per heavy atom. The zero-order chi connectivity index (χ0) is 20.4. The van der Waals surface area contributed by atoms with E-state index in [1.165, 1.54) is 19.1 Å². The van der Waals surface area contributed by atoms with E-state index >= 15 is 0 Å². The topological polar surface area (TPSA) is 63.4 Å². The van der Waals surface area contributed by atoms with Crippen molar-refractivity contribution >= 4 is 9.84 Å². The van der Waals surface area contributed by atoms with Gasteiger partial charge in [0.15, 0.2) is 9.84 Å². The van der Waals surface area contributed by atoms with Gasteiger partial charge in [-0.3, -0.25) is 0 Å². The fourth-order valence-corrected chi connectivity index (χ4v) is 4.80. The first kappa shape index (κ1) is 19.9. The molecule has 0 saturated carbocycles. The van der Waals surface area contributed by atoms with E-state index in [1.54, 1.807) is 6.07 Å². The van der Waals surface area contributed by atoms with Gasteiger partial charge >= 0.3 is 0 Å². The SMILES string of the molecule is Cc1oc(-c2ccc(-c3ccccc3)c(S(C)(=O)=O)c2)nc1CCN1CCCC1. The molecule has 0 N–H and O–H groups in total. The summed E-state index contributed by atoms with van der Waals surface area (Å²) < 4.78 is 30.9. The molecule has 4 rings (SSSR count). The van der Waals surface area contributed by atoms with Crippen molar-refractivity contribution in [3.05, 3.63) is 60.0 Å². The summed E-state index contributed by atoms with van der Waals surface area (Å²) in [4.78, 5) is 7.41. The van der Waals surface area contributed by atoms with Gasteiger partial charge in [0.25, 0.3) is 0 Å². The average molecular weight is 411 g/mol. The third kappa shape index (κ3) is 4.43. The molecule has 1 fully saturated rings. The highest BCUT2D eigenvalue weighted by molar-refractivity contribution is 7.90. The maximum Gasteiger partial charge on any atom is 0.226 e. The molecule has 6 heteroatoms. The minimum Gasteiger partial charge on any atom is -0.441 e. The second kappa shape index (κ2) is 8.13. The number of aromatic nitrogens is 1. The van der Waals surface area contributed by atoms with E-state index in [1.807, 2.05) is 49.4 Å². The molecule has 0 atom stereocenters. The second-order valence-electron chi connectivity index (χ2n) is 7.67. The summed E-state index contributed by atoms with van der Waals surface area (Å²) in [6, 6.07) is 14.9. The van der Waals surface area contributed by atoms with Crippen LogP contribution in [0.25, 0.3) is 22.6 Å². The molecule has 29 heavy (non-hydrogen) atoms. The molecule has 2 aromatic carbocycles. The first-order valence-electron chi connectivity index (χ1n) is 10.0. The number of benzene rings is 2. The Labute approximate surface area is 172 Å². The first-order chi connectivity index (χ1) is 13.9. The normalized spacial score (nSPS) is 15.1. The van der Waals surface area contributed by atoms with E-state index in [0.29, 0.717) is 17.0 Å². The molecule has 3 aromatic rings. The number of nitrogens with zero attached hydrogens (tertiary/aromatic N) is 2. The van der Waals surface area contributed by atoms with Crippen molar-refractivity contribution in [2.24, 2.45) is 0 Å². The van der Waals surface area contributed by atoms with E-state index < -0.39 is 9.84 Å². The van der Waals surface area contributed by atoms with Gasteiger partial charge in [0.2, 0.25) is 5.89 Å². The van der Waals surface area contributed by atoms with Gasteiger partial charge in [0.05, 0.1) is 10.6 Å². The molecule has 1 aliphatic heterocycles. The molecule has 0 unspecified atom stereocenters. The molecule has 0 amide bonds. The fourth-order valence-electron chi connectivity index (χ4n) is 3.87. The fraction of sp³-hybridized carbons (Fsp3) is 0.348. The lowest BCUT2D eigenvalue weighted by Crippen LogP contribution is -2.22. The molecule has 0 aliphatic carbocycles. The third-order valence-corrected chi connectivity index (χ3v) is 6.61. The highest BCUT2D eigenvalue weighted by atomic mass is 32.2. The second-order valence-corrected chi connectivity index (χ2v) is 9.65. The van der Waals surface area contributed by atoms with Crippen LogP contribution in [0.15, 0.2) is 57.8 Å². The van der Waals surface area contributed by atoms with Crippen molar-refractivity contribution in [1.82, 2.24) is 9.88 Å². The van der Waals surface area contributed by atoms with Gasteiger partial charge < -0.3 is 9.32 Å². The number of likely N-dealkylation sites (tertiary alicyclic amines) is 1. The van der Waals surface area contributed by atoms with E-state index in [0.717, 1.165) is 43.1 Å². The molecule has 1 aliphatic rings. The monoisotopic (exact) mass is 410 g/mol. The van der Waals surface area contributed by atoms with Crippen molar-refractivity contribution < 1.29 is 12.8 Å². The highest BCUT2D eigenvalue weighted by Crippen LogP contribution is 2.32. The molecule has 0 bridgehead atoms. The Kier molecular flexibility index (Phi) is 5.56. The van der Waals surface area contributed by atoms with Gasteiger partial charge in [0.1, 0.15) is 5.76 Å². The van der Waals surface area contributed by atoms with Crippen molar-refractivity contribution in [2.75, 3.05) is 25.9 Å². The lowest BCUT2D eigenvalue weighted by atomic mass is 10.0. The third-order valence-electron chi connectivity index (χ3n) is 5.47. The quantitative estimate of drug-likeness (QED) is 0.604. The largest absolute Gasteiger partial charge is 0.441 e. The van der Waals surface area contributed by atoms with Crippen molar-refractivity contribution in [2.45, 2.75) is 31.1 Å². The van der Waals surface area contributed by atoms with Crippen LogP contribution in [0.1, 0.15) is 24.3 Å². The van der Waals surface area contributed by atoms with Crippen LogP contribution in [0.3, 0.4) is 0 Å². The Morgan fingerprint density at radius 2 is 1.76 bits per heavy atom. The zero-order valence-corrected chi connectivity index (χ0v) is 17.7. The zero-order valence-electron chi connectivity index (χ0n) is 16.9. The van der Waals surface area contributed by atoms with Crippen LogP contribution in [0.2, 0.25) is 0 Å². The van der Waals surface area contributed by atoms with Gasteiger partial charge in [-0.05, 0) is 50.6 Å². The van der Waals surface area contributed by atoms with Crippen LogP contribution in [0, 0.1) is 6.92 Å². The Morgan fingerprint density at radius 1 is 1.03 bits per heavy atom. The van der Waals surface area contributed by atoms with E-state index in [4.69, 9.17) is 4.42 Å². The summed E-state index contributed by atoms with van der Waals surface area (Å²) in [5.74, 6) is 1.27. The Bertz CT molecular complexity index is 1100. The lowest BCUT2D eigenvalue weighted by molar-refractivity contribution is 0.341. The summed E-state index contributed by atoms with van der Waals surface area (Å²) in [5, 5.41) is 0. The summed E-state index contributed by atoms with van der Waals surface area (Å²) in [6.07, 6.45) is 4.62. The van der Waals surface area contributed by atoms with Crippen molar-refractivity contribution in [3.63, 3.8) is 0 Å². The van der Waals surface area contributed by atoms with Crippen LogP contribution < -0.4 is 0 Å². The summed E-state index contributed by atoms with van der Waals surface area (Å²) in [7, 11) is -3.41. The molecular weight excluding hydrogens is 384 g/mol. The van der Waals surface area contributed by atoms with E-state index in [2.05, 4.69) is 9.88 Å². The number of oxazole rings is 1. The summed E-state index contributed by atoms with van der Waals surface area (Å²) >= 11 is 0. The van der Waals surface area contributed by atoms with Gasteiger partial charge in [-0.25, -0.2) is 13.4 Å². The Balaban J connectivity index is 1.66. The molecule has 1 saturated heterocycles. The van der Waals surface area contributed by atoms with Crippen molar-refractivity contribution in [1.29, 1.82) is 0 Å². The van der Waals surface area contributed by atoms with E-state index in [9.17, 15) is 8.42 Å². The smallest absolute Gasteiger partial charge is 0.226 e. The van der Waals surface area contributed by atoms with E-state index in [-0.39, 0.29) is 4.90 Å². The average Bonchev–Trinajstić information content (AvgIpc) is 3.35. The van der Waals surface area contributed by atoms with Gasteiger partial charge in [-0.1, -0.05) is 36.4 Å². The van der Waals surface area contributed by atoms with Gasteiger partial charge in [0, 0.05) is 30.3 Å². The van der Waals surface area contributed by atoms with Crippen LogP contribution in [-0.4, -0.2) is 44.2 Å². The molecule has 2 heterocycles. The minimum absolute atomic E-state index is 0.288. The van der Waals surface area contributed by atoms with Crippen LogP contribution in [0.4, 0.5) is 0 Å². The van der Waals surface area contributed by atoms with Crippen LogP contribution >= 0.6 is 0 Å². The van der Waals surface area contributed by atoms with Gasteiger partial charge in [-0.15, -0.1) is 0 Å². The maximum absolute atomic E-state index is 12.5. The van der Waals surface area contributed by atoms with Crippen molar-refractivity contribution in [3.8, 4) is 22.6 Å². The number of aryl methyl sites for hydroxylation is 1. The summed E-state index contributed by atoms with van der Waals surface area (Å²) in [6.45, 7) is 5.21. The summed E-state index contributed by atoms with van der Waals surface area (Å²) in [5.41, 5.74) is 3.18. The highest BCUT2D eigenvalue weighted by Gasteiger charge is 2.19. The number of hydrogen-bond acceptors (Lipinski definition) is 5. The minimum atomic E-state index is -3.41. The molecule has 0 radical (unpaired) electrons.